The zero-order chi connectivity index (χ0) is 22.3. The highest BCUT2D eigenvalue weighted by Gasteiger charge is 2.21. The molecule has 1 N–H and O–H groups in total. The van der Waals surface area contributed by atoms with Gasteiger partial charge in [0.25, 0.3) is 0 Å². The van der Waals surface area contributed by atoms with E-state index in [1.165, 1.54) is 22.9 Å². The first-order chi connectivity index (χ1) is 15.6. The van der Waals surface area contributed by atoms with E-state index in [1.54, 1.807) is 0 Å². The number of rotatable bonds is 8. The van der Waals surface area contributed by atoms with Gasteiger partial charge in [-0.1, -0.05) is 71.9 Å². The van der Waals surface area contributed by atoms with E-state index in [1.807, 2.05) is 23.9 Å². The summed E-state index contributed by atoms with van der Waals surface area (Å²) in [7, 11) is 1.99. The lowest BCUT2D eigenvalue weighted by Gasteiger charge is -2.33. The number of nitrogens with zero attached hydrogens (tertiary/aromatic N) is 3. The molecule has 1 amide bonds. The van der Waals surface area contributed by atoms with Gasteiger partial charge in [-0.05, 0) is 18.1 Å². The molecular formula is C25H30N4O2S. The number of nitrogens with one attached hydrogen (secondary N) is 1. The number of thioether (sulfide) groups is 1. The summed E-state index contributed by atoms with van der Waals surface area (Å²) in [4.78, 5) is 19.3. The molecule has 0 radical (unpaired) electrons. The summed E-state index contributed by atoms with van der Waals surface area (Å²) in [6, 6.07) is 18.8. The van der Waals surface area contributed by atoms with Crippen LogP contribution < -0.4 is 5.32 Å². The number of aromatic nitrogens is 2. The Morgan fingerprint density at radius 3 is 2.75 bits per heavy atom. The molecule has 7 heteroatoms. The summed E-state index contributed by atoms with van der Waals surface area (Å²) in [5.41, 5.74) is 4.69. The highest BCUT2D eigenvalue weighted by Crippen LogP contribution is 2.25. The van der Waals surface area contributed by atoms with Gasteiger partial charge >= 0.3 is 0 Å². The molecule has 1 fully saturated rings. The summed E-state index contributed by atoms with van der Waals surface area (Å²) in [6.45, 7) is 5.94. The third kappa shape index (κ3) is 6.00. The average molecular weight is 451 g/mol. The van der Waals surface area contributed by atoms with Crippen molar-refractivity contribution in [1.29, 1.82) is 0 Å². The van der Waals surface area contributed by atoms with E-state index < -0.39 is 0 Å². The Morgan fingerprint density at radius 1 is 1.19 bits per heavy atom. The van der Waals surface area contributed by atoms with Gasteiger partial charge in [0.05, 0.1) is 30.4 Å². The van der Waals surface area contributed by atoms with Gasteiger partial charge < -0.3 is 14.6 Å². The molecule has 1 aliphatic heterocycles. The number of amides is 1. The lowest BCUT2D eigenvalue weighted by atomic mass is 10.1. The Bertz CT molecular complexity index is 1020. The molecule has 2 heterocycles. The maximum absolute atomic E-state index is 12.4. The van der Waals surface area contributed by atoms with E-state index in [2.05, 4.69) is 70.7 Å². The van der Waals surface area contributed by atoms with Gasteiger partial charge in [-0.3, -0.25) is 9.69 Å². The second kappa shape index (κ2) is 10.8. The highest BCUT2D eigenvalue weighted by molar-refractivity contribution is 7.99. The summed E-state index contributed by atoms with van der Waals surface area (Å²) in [5.74, 6) is 0.331. The lowest BCUT2D eigenvalue weighted by Crippen LogP contribution is -2.47. The number of imidazole rings is 1. The molecule has 2 aromatic carbocycles. The number of hydrogen-bond acceptors (Lipinski definition) is 5. The van der Waals surface area contributed by atoms with Crippen molar-refractivity contribution in [1.82, 2.24) is 19.8 Å². The van der Waals surface area contributed by atoms with Crippen molar-refractivity contribution in [2.45, 2.75) is 24.7 Å². The first-order valence-corrected chi connectivity index (χ1v) is 11.9. The minimum Gasteiger partial charge on any atom is -0.374 e. The van der Waals surface area contributed by atoms with E-state index in [0.29, 0.717) is 18.9 Å². The Labute approximate surface area is 194 Å². The third-order valence-electron chi connectivity index (χ3n) is 5.62. The van der Waals surface area contributed by atoms with Crippen molar-refractivity contribution in [3.05, 3.63) is 71.9 Å². The van der Waals surface area contributed by atoms with Crippen molar-refractivity contribution in [3.8, 4) is 11.3 Å². The molecule has 32 heavy (non-hydrogen) atoms. The largest absolute Gasteiger partial charge is 0.374 e. The molecule has 0 unspecified atom stereocenters. The molecule has 3 aromatic rings. The van der Waals surface area contributed by atoms with Crippen LogP contribution in [0, 0.1) is 6.92 Å². The normalized spacial score (nSPS) is 16.8. The summed E-state index contributed by atoms with van der Waals surface area (Å²) in [5, 5.41) is 3.85. The van der Waals surface area contributed by atoms with Crippen LogP contribution >= 0.6 is 11.8 Å². The smallest absolute Gasteiger partial charge is 0.230 e. The van der Waals surface area contributed by atoms with Crippen molar-refractivity contribution < 1.29 is 9.53 Å². The number of carbonyl (C=O) groups excluding carboxylic acids is 1. The quantitative estimate of drug-likeness (QED) is 0.533. The molecule has 1 aromatic heterocycles. The molecule has 4 rings (SSSR count). The third-order valence-corrected chi connectivity index (χ3v) is 6.67. The van der Waals surface area contributed by atoms with Gasteiger partial charge in [-0.15, -0.1) is 0 Å². The molecule has 0 saturated carbocycles. The van der Waals surface area contributed by atoms with E-state index in [9.17, 15) is 4.79 Å². The van der Waals surface area contributed by atoms with Gasteiger partial charge in [0.1, 0.15) is 0 Å². The Balaban J connectivity index is 1.23. The van der Waals surface area contributed by atoms with Gasteiger partial charge in [0.15, 0.2) is 5.16 Å². The molecule has 0 spiro atoms. The van der Waals surface area contributed by atoms with Crippen molar-refractivity contribution in [2.24, 2.45) is 7.05 Å². The zero-order valence-corrected chi connectivity index (χ0v) is 19.5. The van der Waals surface area contributed by atoms with Crippen LogP contribution in [0.5, 0.6) is 0 Å². The van der Waals surface area contributed by atoms with Gasteiger partial charge in [0.2, 0.25) is 5.91 Å². The fraction of sp³-hybridized carbons (Fsp3) is 0.360. The maximum Gasteiger partial charge on any atom is 0.230 e. The lowest BCUT2D eigenvalue weighted by molar-refractivity contribution is -0.119. The van der Waals surface area contributed by atoms with Crippen molar-refractivity contribution in [3.63, 3.8) is 0 Å². The zero-order valence-electron chi connectivity index (χ0n) is 18.7. The molecule has 1 saturated heterocycles. The minimum atomic E-state index is -0.00123. The number of ether oxygens (including phenoxy) is 1. The summed E-state index contributed by atoms with van der Waals surface area (Å²) in [6.07, 6.45) is 1.88. The summed E-state index contributed by atoms with van der Waals surface area (Å²) < 4.78 is 7.90. The second-order valence-electron chi connectivity index (χ2n) is 8.16. The highest BCUT2D eigenvalue weighted by atomic mass is 32.2. The Morgan fingerprint density at radius 2 is 1.97 bits per heavy atom. The summed E-state index contributed by atoms with van der Waals surface area (Å²) >= 11 is 1.45. The number of aryl methyl sites for hydroxylation is 1. The molecule has 1 atom stereocenters. The molecule has 6 nitrogen and oxygen atoms in total. The Hall–Kier alpha value is -2.61. The number of benzene rings is 2. The first kappa shape index (κ1) is 22.6. The van der Waals surface area contributed by atoms with E-state index in [-0.39, 0.29) is 12.0 Å². The average Bonchev–Trinajstić information content (AvgIpc) is 3.18. The molecule has 168 valence electrons. The topological polar surface area (TPSA) is 59.4 Å². The predicted octanol–water partition coefficient (Wildman–Crippen LogP) is 3.50. The minimum absolute atomic E-state index is 0.00123. The SMILES string of the molecule is Cc1ccc(-c2cnc(SCC(=O)NC[C@@H]3CN(Cc4ccccc4)CCO3)n2C)cc1. The molecule has 0 bridgehead atoms. The van der Waals surface area contributed by atoms with Crippen molar-refractivity contribution >= 4 is 17.7 Å². The van der Waals surface area contributed by atoms with Crippen LogP contribution in [0.2, 0.25) is 0 Å². The Kier molecular flexibility index (Phi) is 7.63. The van der Waals surface area contributed by atoms with Gasteiger partial charge in [0, 0.05) is 33.2 Å². The standard InChI is InChI=1S/C25H30N4O2S/c1-19-8-10-21(11-9-19)23-15-27-25(28(23)2)32-18-24(30)26-14-22-17-29(12-13-31-22)16-20-6-4-3-5-7-20/h3-11,15,22H,12-14,16-18H2,1-2H3,(H,26,30)/t22-/m1/s1. The van der Waals surface area contributed by atoms with Gasteiger partial charge in [-0.25, -0.2) is 4.98 Å². The van der Waals surface area contributed by atoms with Crippen LogP contribution in [0.4, 0.5) is 0 Å². The number of hydrogen-bond donors (Lipinski definition) is 1. The van der Waals surface area contributed by atoms with Crippen LogP contribution in [0.15, 0.2) is 66.0 Å². The predicted molar refractivity (Wildman–Crippen MR) is 129 cm³/mol. The molecule has 1 aliphatic rings. The second-order valence-corrected chi connectivity index (χ2v) is 9.10. The van der Waals surface area contributed by atoms with E-state index in [0.717, 1.165) is 36.0 Å². The number of morpholine rings is 1. The van der Waals surface area contributed by atoms with Crippen LogP contribution in [0.25, 0.3) is 11.3 Å². The monoisotopic (exact) mass is 450 g/mol. The fourth-order valence-electron chi connectivity index (χ4n) is 3.82. The van der Waals surface area contributed by atoms with Crippen LogP contribution in [-0.2, 0) is 23.1 Å². The first-order valence-electron chi connectivity index (χ1n) is 10.9. The van der Waals surface area contributed by atoms with Crippen LogP contribution in [-0.4, -0.2) is 58.5 Å². The van der Waals surface area contributed by atoms with Crippen LogP contribution in [0.1, 0.15) is 11.1 Å². The molecular weight excluding hydrogens is 420 g/mol. The van der Waals surface area contributed by atoms with E-state index >= 15 is 0 Å². The number of carbonyl (C=O) groups is 1. The van der Waals surface area contributed by atoms with Gasteiger partial charge in [-0.2, -0.15) is 0 Å². The van der Waals surface area contributed by atoms with Crippen LogP contribution in [0.3, 0.4) is 0 Å². The van der Waals surface area contributed by atoms with Crippen molar-refractivity contribution in [2.75, 3.05) is 32.0 Å². The van der Waals surface area contributed by atoms with E-state index in [4.69, 9.17) is 4.74 Å². The molecule has 0 aliphatic carbocycles. The fourth-order valence-corrected chi connectivity index (χ4v) is 4.60. The maximum atomic E-state index is 12.4.